The molecule has 19 heavy (non-hydrogen) atoms. The number of phenolic OH excluding ortho intramolecular Hbond substituents is 1. The average Bonchev–Trinajstić information content (AvgIpc) is 2.33. The number of carbonyl (C=O) groups is 1. The van der Waals surface area contributed by atoms with E-state index in [1.807, 2.05) is 13.8 Å². The molecular formula is C14H15ClNO2Y-. The van der Waals surface area contributed by atoms with E-state index >= 15 is 0 Å². The van der Waals surface area contributed by atoms with E-state index in [0.29, 0.717) is 13.0 Å². The fraction of sp³-hybridized carbons (Fsp3) is 0.357. The van der Waals surface area contributed by atoms with Crippen LogP contribution in [0.3, 0.4) is 0 Å². The van der Waals surface area contributed by atoms with Gasteiger partial charge in [-0.15, -0.1) is 34.5 Å². The average molecular weight is 354 g/mol. The molecule has 1 radical (unpaired) electrons. The quantitative estimate of drug-likeness (QED) is 0.656. The summed E-state index contributed by atoms with van der Waals surface area (Å²) < 4.78 is 0. The molecule has 1 aromatic rings. The van der Waals surface area contributed by atoms with Crippen molar-refractivity contribution in [1.29, 1.82) is 0 Å². The van der Waals surface area contributed by atoms with Crippen molar-refractivity contribution in [3.05, 3.63) is 35.4 Å². The summed E-state index contributed by atoms with van der Waals surface area (Å²) in [6.07, 6.45) is 3.61. The molecule has 0 fully saturated rings. The number of halogens is 1. The number of allylic oxidation sites excluding steroid dienone is 1. The number of benzene rings is 1. The van der Waals surface area contributed by atoms with Crippen LogP contribution in [0.15, 0.2) is 18.2 Å². The predicted molar refractivity (Wildman–Crippen MR) is 71.1 cm³/mol. The van der Waals surface area contributed by atoms with Gasteiger partial charge in [-0.05, 0) is 19.1 Å². The van der Waals surface area contributed by atoms with E-state index in [-0.39, 0.29) is 44.4 Å². The van der Waals surface area contributed by atoms with Gasteiger partial charge in [0, 0.05) is 39.3 Å². The molecule has 0 bridgehead atoms. The fourth-order valence-electron chi connectivity index (χ4n) is 2.12. The van der Waals surface area contributed by atoms with Gasteiger partial charge >= 0.3 is 0 Å². The molecule has 2 rings (SSSR count). The Bertz CT molecular complexity index is 516. The summed E-state index contributed by atoms with van der Waals surface area (Å²) in [6.45, 7) is 4.36. The zero-order valence-electron chi connectivity index (χ0n) is 11.0. The molecule has 5 heteroatoms. The SMILES string of the molecule is CCN1C(=O)C(Cl)C[C-]=C1c1ccc(O)cc1C.[Y]. The van der Waals surface area contributed by atoms with Crippen LogP contribution < -0.4 is 0 Å². The van der Waals surface area contributed by atoms with Gasteiger partial charge in [0.05, 0.1) is 0 Å². The van der Waals surface area contributed by atoms with Crippen LogP contribution in [0, 0.1) is 13.0 Å². The van der Waals surface area contributed by atoms with Crippen molar-refractivity contribution in [2.24, 2.45) is 0 Å². The summed E-state index contributed by atoms with van der Waals surface area (Å²) in [6, 6.07) is 5.09. The molecule has 1 atom stereocenters. The number of aryl methyl sites for hydroxylation is 1. The van der Waals surface area contributed by atoms with Crippen LogP contribution in [-0.2, 0) is 37.5 Å². The first-order chi connectivity index (χ1) is 8.54. The Morgan fingerprint density at radius 3 is 2.79 bits per heavy atom. The molecule has 1 N–H and O–H groups in total. The van der Waals surface area contributed by atoms with Crippen molar-refractivity contribution in [2.75, 3.05) is 6.54 Å². The molecule has 1 aliphatic heterocycles. The number of nitrogens with zero attached hydrogens (tertiary/aromatic N) is 1. The van der Waals surface area contributed by atoms with Crippen LogP contribution in [-0.4, -0.2) is 27.8 Å². The van der Waals surface area contributed by atoms with Crippen molar-refractivity contribution < 1.29 is 42.6 Å². The minimum atomic E-state index is -0.522. The molecule has 1 aliphatic rings. The van der Waals surface area contributed by atoms with Crippen LogP contribution in [0.4, 0.5) is 0 Å². The Kier molecular flexibility index (Phi) is 6.03. The van der Waals surface area contributed by atoms with Gasteiger partial charge in [0.1, 0.15) is 11.1 Å². The first kappa shape index (κ1) is 16.7. The minimum Gasteiger partial charge on any atom is -0.508 e. The van der Waals surface area contributed by atoms with E-state index in [1.54, 1.807) is 23.1 Å². The van der Waals surface area contributed by atoms with Crippen LogP contribution in [0.5, 0.6) is 5.75 Å². The van der Waals surface area contributed by atoms with E-state index < -0.39 is 5.38 Å². The van der Waals surface area contributed by atoms with E-state index in [0.717, 1.165) is 16.8 Å². The van der Waals surface area contributed by atoms with Crippen molar-refractivity contribution in [3.63, 3.8) is 0 Å². The van der Waals surface area contributed by atoms with Gasteiger partial charge in [0.2, 0.25) is 5.91 Å². The van der Waals surface area contributed by atoms with Gasteiger partial charge in [-0.1, -0.05) is 13.3 Å². The van der Waals surface area contributed by atoms with Gasteiger partial charge in [0.15, 0.2) is 0 Å². The largest absolute Gasteiger partial charge is 0.508 e. The van der Waals surface area contributed by atoms with Crippen LogP contribution in [0.1, 0.15) is 24.5 Å². The second kappa shape index (κ2) is 6.87. The van der Waals surface area contributed by atoms with E-state index in [2.05, 4.69) is 6.08 Å². The van der Waals surface area contributed by atoms with Crippen LogP contribution in [0.25, 0.3) is 5.70 Å². The van der Waals surface area contributed by atoms with Gasteiger partial charge in [-0.25, -0.2) is 6.08 Å². The maximum absolute atomic E-state index is 12.0. The summed E-state index contributed by atoms with van der Waals surface area (Å²) in [5.74, 6) is 0.137. The number of rotatable bonds is 2. The summed E-state index contributed by atoms with van der Waals surface area (Å²) in [4.78, 5) is 13.6. The van der Waals surface area contributed by atoms with E-state index in [4.69, 9.17) is 11.6 Å². The third kappa shape index (κ3) is 3.39. The Morgan fingerprint density at radius 1 is 1.53 bits per heavy atom. The second-order valence-corrected chi connectivity index (χ2v) is 4.81. The molecule has 1 amide bonds. The molecule has 1 aromatic carbocycles. The third-order valence-electron chi connectivity index (χ3n) is 3.03. The molecule has 0 saturated heterocycles. The van der Waals surface area contributed by atoms with Crippen molar-refractivity contribution >= 4 is 23.2 Å². The Hall–Kier alpha value is -0.376. The Morgan fingerprint density at radius 2 is 2.21 bits per heavy atom. The summed E-state index contributed by atoms with van der Waals surface area (Å²) in [5.41, 5.74) is 2.58. The Balaban J connectivity index is 0.00000180. The molecule has 0 spiro atoms. The number of phenols is 1. The maximum Gasteiger partial charge on any atom is 0.241 e. The first-order valence-corrected chi connectivity index (χ1v) is 6.34. The van der Waals surface area contributed by atoms with Crippen molar-refractivity contribution in [2.45, 2.75) is 25.6 Å². The number of aromatic hydroxyl groups is 1. The maximum atomic E-state index is 12.0. The second-order valence-electron chi connectivity index (χ2n) is 4.28. The Labute approximate surface area is 143 Å². The summed E-state index contributed by atoms with van der Waals surface area (Å²) >= 11 is 5.95. The molecule has 0 aliphatic carbocycles. The zero-order chi connectivity index (χ0) is 13.3. The van der Waals surface area contributed by atoms with Gasteiger partial charge in [-0.2, -0.15) is 0 Å². The van der Waals surface area contributed by atoms with E-state index in [9.17, 15) is 9.90 Å². The number of hydrogen-bond donors (Lipinski definition) is 1. The monoisotopic (exact) mass is 353 g/mol. The summed E-state index contributed by atoms with van der Waals surface area (Å²) in [5, 5.41) is 8.90. The van der Waals surface area contributed by atoms with Crippen molar-refractivity contribution in [3.8, 4) is 5.75 Å². The summed E-state index contributed by atoms with van der Waals surface area (Å²) in [7, 11) is 0. The third-order valence-corrected chi connectivity index (χ3v) is 3.37. The molecule has 1 unspecified atom stereocenters. The normalized spacial score (nSPS) is 18.9. The minimum absolute atomic E-state index is 0. The smallest absolute Gasteiger partial charge is 0.241 e. The van der Waals surface area contributed by atoms with Crippen LogP contribution in [0.2, 0.25) is 0 Å². The molecule has 3 nitrogen and oxygen atoms in total. The standard InChI is InChI=1S/C14H15ClNO2.Y/c1-3-16-13(7-6-12(15)14(16)18)11-5-4-10(17)8-9(11)2;/h4-5,8,12,17H,3,6H2,1-2H3;/q-1;. The molecular weight excluding hydrogens is 339 g/mol. The van der Waals surface area contributed by atoms with Crippen molar-refractivity contribution in [1.82, 2.24) is 4.90 Å². The zero-order valence-corrected chi connectivity index (χ0v) is 14.6. The molecule has 0 saturated carbocycles. The number of hydrogen-bond acceptors (Lipinski definition) is 2. The molecule has 0 aromatic heterocycles. The van der Waals surface area contributed by atoms with Gasteiger partial charge in [0.25, 0.3) is 0 Å². The number of amides is 1. The molecule has 99 valence electrons. The number of alkyl halides is 1. The number of carbonyl (C=O) groups excluding carboxylic acids is 1. The van der Waals surface area contributed by atoms with Crippen LogP contribution >= 0.6 is 11.6 Å². The predicted octanol–water partition coefficient (Wildman–Crippen LogP) is 2.70. The van der Waals surface area contributed by atoms with Gasteiger partial charge in [-0.3, -0.25) is 4.79 Å². The molecule has 1 heterocycles. The van der Waals surface area contributed by atoms with E-state index in [1.165, 1.54) is 0 Å². The van der Waals surface area contributed by atoms with Gasteiger partial charge < -0.3 is 10.0 Å². The topological polar surface area (TPSA) is 40.5 Å². The first-order valence-electron chi connectivity index (χ1n) is 5.91. The fourth-order valence-corrected chi connectivity index (χ4v) is 2.31.